The highest BCUT2D eigenvalue weighted by Gasteiger charge is 2.29. The number of nitrogens with one attached hydrogen (secondary N) is 1. The van der Waals surface area contributed by atoms with Gasteiger partial charge in [-0.3, -0.25) is 14.4 Å². The normalized spacial score (nSPS) is 22.0. The van der Waals surface area contributed by atoms with Crippen LogP contribution in [0, 0.1) is 0 Å². The standard InChI is InChI=1S/C16H23N5O2S/c1-11(2)21-6-12(5-18-21)16(23)19-14-3-4-20(8-15(14)22)7-13-9-24-10-17-13/h5-6,9-11,14-15,22H,3-4,7-8H2,1-2H3,(H,19,23)/t14-,15-/m1/s1. The van der Waals surface area contributed by atoms with Crippen LogP contribution in [0.5, 0.6) is 0 Å². The molecule has 24 heavy (non-hydrogen) atoms. The lowest BCUT2D eigenvalue weighted by atomic mass is 10.0. The number of amides is 1. The zero-order chi connectivity index (χ0) is 17.1. The molecule has 3 rings (SSSR count). The number of nitrogens with zero attached hydrogens (tertiary/aromatic N) is 4. The summed E-state index contributed by atoms with van der Waals surface area (Å²) >= 11 is 1.57. The fourth-order valence-corrected chi connectivity index (χ4v) is 3.39. The van der Waals surface area contributed by atoms with Gasteiger partial charge in [0.15, 0.2) is 0 Å². The van der Waals surface area contributed by atoms with Gasteiger partial charge in [0, 0.05) is 37.3 Å². The van der Waals surface area contributed by atoms with Crippen LogP contribution in [-0.4, -0.2) is 55.9 Å². The van der Waals surface area contributed by atoms with Crippen LogP contribution in [0.4, 0.5) is 0 Å². The van der Waals surface area contributed by atoms with Crippen molar-refractivity contribution >= 4 is 17.2 Å². The Morgan fingerprint density at radius 3 is 3.00 bits per heavy atom. The van der Waals surface area contributed by atoms with Crippen molar-refractivity contribution in [2.75, 3.05) is 13.1 Å². The second-order valence-corrected chi connectivity index (χ2v) is 7.17. The second kappa shape index (κ2) is 7.42. The molecule has 1 saturated heterocycles. The first-order valence-corrected chi connectivity index (χ1v) is 9.09. The van der Waals surface area contributed by atoms with E-state index in [1.807, 2.05) is 24.7 Å². The van der Waals surface area contributed by atoms with Gasteiger partial charge in [0.25, 0.3) is 5.91 Å². The van der Waals surface area contributed by atoms with E-state index in [0.29, 0.717) is 12.1 Å². The SMILES string of the molecule is CC(C)n1cc(C(=O)N[C@@H]2CCN(Cc3cscn3)C[C@H]2O)cn1. The van der Waals surface area contributed by atoms with E-state index in [0.717, 1.165) is 25.2 Å². The largest absolute Gasteiger partial charge is 0.390 e. The second-order valence-electron chi connectivity index (χ2n) is 6.45. The molecule has 3 heterocycles. The molecule has 1 aliphatic heterocycles. The molecule has 0 aliphatic carbocycles. The fraction of sp³-hybridized carbons (Fsp3) is 0.562. The van der Waals surface area contributed by atoms with Crippen LogP contribution in [-0.2, 0) is 6.54 Å². The molecule has 1 amide bonds. The maximum atomic E-state index is 12.3. The van der Waals surface area contributed by atoms with Crippen LogP contribution < -0.4 is 5.32 Å². The monoisotopic (exact) mass is 349 g/mol. The van der Waals surface area contributed by atoms with Crippen LogP contribution in [0.3, 0.4) is 0 Å². The highest BCUT2D eigenvalue weighted by molar-refractivity contribution is 7.07. The van der Waals surface area contributed by atoms with E-state index < -0.39 is 6.10 Å². The van der Waals surface area contributed by atoms with Gasteiger partial charge < -0.3 is 10.4 Å². The lowest BCUT2D eigenvalue weighted by Gasteiger charge is -2.35. The molecule has 0 radical (unpaired) electrons. The first-order valence-electron chi connectivity index (χ1n) is 8.15. The van der Waals surface area contributed by atoms with Crippen LogP contribution in [0.2, 0.25) is 0 Å². The van der Waals surface area contributed by atoms with Crippen LogP contribution in [0.15, 0.2) is 23.3 Å². The highest BCUT2D eigenvalue weighted by atomic mass is 32.1. The average Bonchev–Trinajstić information content (AvgIpc) is 3.21. The number of hydrogen-bond donors (Lipinski definition) is 2. The van der Waals surface area contributed by atoms with Crippen molar-refractivity contribution < 1.29 is 9.90 Å². The molecule has 2 aromatic heterocycles. The number of aliphatic hydroxyl groups excluding tert-OH is 1. The predicted octanol–water partition coefficient (Wildman–Crippen LogP) is 1.29. The number of aliphatic hydroxyl groups is 1. The van der Waals surface area contributed by atoms with E-state index in [9.17, 15) is 9.90 Å². The van der Waals surface area contributed by atoms with E-state index in [1.54, 1.807) is 28.4 Å². The number of thiazole rings is 1. The lowest BCUT2D eigenvalue weighted by molar-refractivity contribution is 0.0346. The zero-order valence-electron chi connectivity index (χ0n) is 13.9. The molecule has 8 heteroatoms. The Balaban J connectivity index is 1.53. The van der Waals surface area contributed by atoms with Crippen LogP contribution in [0.1, 0.15) is 42.4 Å². The summed E-state index contributed by atoms with van der Waals surface area (Å²) in [6.07, 6.45) is 3.44. The third kappa shape index (κ3) is 4.00. The number of piperidine rings is 1. The molecule has 0 unspecified atom stereocenters. The first-order chi connectivity index (χ1) is 11.5. The number of likely N-dealkylation sites (tertiary alicyclic amines) is 1. The molecule has 0 aromatic carbocycles. The first kappa shape index (κ1) is 17.1. The van der Waals surface area contributed by atoms with Crippen LogP contribution in [0.25, 0.3) is 0 Å². The fourth-order valence-electron chi connectivity index (χ4n) is 2.84. The predicted molar refractivity (Wildman–Crippen MR) is 91.9 cm³/mol. The third-order valence-corrected chi connectivity index (χ3v) is 4.88. The number of carbonyl (C=O) groups is 1. The highest BCUT2D eigenvalue weighted by Crippen LogP contribution is 2.15. The maximum absolute atomic E-state index is 12.3. The molecule has 1 aliphatic rings. The summed E-state index contributed by atoms with van der Waals surface area (Å²) in [5.41, 5.74) is 3.37. The Hall–Kier alpha value is -1.77. The molecule has 0 saturated carbocycles. The Labute approximate surface area is 145 Å². The number of carbonyl (C=O) groups excluding carboxylic acids is 1. The summed E-state index contributed by atoms with van der Waals surface area (Å²) in [4.78, 5) is 18.8. The molecule has 7 nitrogen and oxygen atoms in total. The molecule has 130 valence electrons. The Morgan fingerprint density at radius 1 is 1.54 bits per heavy atom. The summed E-state index contributed by atoms with van der Waals surface area (Å²) in [7, 11) is 0. The van der Waals surface area contributed by atoms with Gasteiger partial charge in [0.1, 0.15) is 0 Å². The minimum Gasteiger partial charge on any atom is -0.390 e. The van der Waals surface area contributed by atoms with E-state index in [-0.39, 0.29) is 18.0 Å². The summed E-state index contributed by atoms with van der Waals surface area (Å²) in [5.74, 6) is -0.182. The number of rotatable bonds is 5. The van der Waals surface area contributed by atoms with Crippen molar-refractivity contribution in [2.24, 2.45) is 0 Å². The Kier molecular flexibility index (Phi) is 5.27. The summed E-state index contributed by atoms with van der Waals surface area (Å²) < 4.78 is 1.75. The lowest BCUT2D eigenvalue weighted by Crippen LogP contribution is -2.53. The van der Waals surface area contributed by atoms with Crippen molar-refractivity contribution in [1.29, 1.82) is 0 Å². The van der Waals surface area contributed by atoms with Gasteiger partial charge in [-0.05, 0) is 20.3 Å². The molecule has 0 spiro atoms. The number of hydrogen-bond acceptors (Lipinski definition) is 6. The Bertz CT molecular complexity index is 670. The van der Waals surface area contributed by atoms with Crippen molar-refractivity contribution in [2.45, 2.75) is 45.0 Å². The minimum absolute atomic E-state index is 0.182. The molecule has 0 bridgehead atoms. The molecular formula is C16H23N5O2S. The molecule has 2 atom stereocenters. The molecular weight excluding hydrogens is 326 g/mol. The van der Waals surface area contributed by atoms with E-state index >= 15 is 0 Å². The van der Waals surface area contributed by atoms with Gasteiger partial charge in [-0.2, -0.15) is 5.10 Å². The van der Waals surface area contributed by atoms with Crippen molar-refractivity contribution in [1.82, 2.24) is 25.0 Å². The number of β-amino-alcohol motifs (C(OH)–C–C–N with tert-alkyl or cyclic N) is 1. The van der Waals surface area contributed by atoms with Gasteiger partial charge in [0.05, 0.1) is 35.1 Å². The molecule has 2 N–H and O–H groups in total. The summed E-state index contributed by atoms with van der Waals surface area (Å²) in [6.45, 7) is 6.12. The van der Waals surface area contributed by atoms with Gasteiger partial charge in [-0.1, -0.05) is 0 Å². The average molecular weight is 349 g/mol. The zero-order valence-corrected chi connectivity index (χ0v) is 14.7. The van der Waals surface area contributed by atoms with Gasteiger partial charge in [-0.15, -0.1) is 11.3 Å². The minimum atomic E-state index is -0.582. The third-order valence-electron chi connectivity index (χ3n) is 4.24. The Morgan fingerprint density at radius 2 is 2.38 bits per heavy atom. The molecule has 2 aromatic rings. The summed E-state index contributed by atoms with van der Waals surface area (Å²) in [6, 6.07) is -0.0160. The quantitative estimate of drug-likeness (QED) is 0.850. The molecule has 1 fully saturated rings. The van der Waals surface area contributed by atoms with Gasteiger partial charge in [0.2, 0.25) is 0 Å². The van der Waals surface area contributed by atoms with E-state index in [1.165, 1.54) is 0 Å². The van der Waals surface area contributed by atoms with Crippen molar-refractivity contribution in [3.63, 3.8) is 0 Å². The number of aromatic nitrogens is 3. The summed E-state index contributed by atoms with van der Waals surface area (Å²) in [5, 5.41) is 19.5. The van der Waals surface area contributed by atoms with E-state index in [4.69, 9.17) is 0 Å². The van der Waals surface area contributed by atoms with Crippen LogP contribution >= 0.6 is 11.3 Å². The van der Waals surface area contributed by atoms with Crippen molar-refractivity contribution in [3.05, 3.63) is 34.5 Å². The van der Waals surface area contributed by atoms with Crippen molar-refractivity contribution in [3.8, 4) is 0 Å². The smallest absolute Gasteiger partial charge is 0.254 e. The van der Waals surface area contributed by atoms with E-state index in [2.05, 4.69) is 20.3 Å². The topological polar surface area (TPSA) is 83.3 Å². The van der Waals surface area contributed by atoms with Gasteiger partial charge >= 0.3 is 0 Å². The maximum Gasteiger partial charge on any atom is 0.254 e. The van der Waals surface area contributed by atoms with Gasteiger partial charge in [-0.25, -0.2) is 4.98 Å².